The van der Waals surface area contributed by atoms with Gasteiger partial charge in [-0.1, -0.05) is 26.8 Å². The third-order valence-corrected chi connectivity index (χ3v) is 7.71. The van der Waals surface area contributed by atoms with Gasteiger partial charge in [0.05, 0.1) is 28.4 Å². The summed E-state index contributed by atoms with van der Waals surface area (Å²) in [6.07, 6.45) is 0.599. The molecule has 3 atom stereocenters. The van der Waals surface area contributed by atoms with Crippen LogP contribution in [0.3, 0.4) is 0 Å². The number of aromatic nitrogens is 1. The van der Waals surface area contributed by atoms with Gasteiger partial charge in [0.1, 0.15) is 29.1 Å². The number of carbonyl (C=O) groups excluding carboxylic acids is 5. The Morgan fingerprint density at radius 1 is 1.12 bits per heavy atom. The summed E-state index contributed by atoms with van der Waals surface area (Å²) in [5.41, 5.74) is 5.23. The van der Waals surface area contributed by atoms with Gasteiger partial charge in [-0.25, -0.2) is 28.7 Å². The minimum absolute atomic E-state index is 0.0200. The largest absolute Gasteiger partial charge is 0.443 e. The molecule has 1 saturated carbocycles. The van der Waals surface area contributed by atoms with Crippen LogP contribution >= 0.6 is 0 Å². The molecule has 262 valence electrons. The maximum atomic E-state index is 15.5. The number of Topliss-reactive ketones (excluding diaryl/α,β-unsaturated/α-hetero) is 1. The number of halogens is 1. The van der Waals surface area contributed by atoms with Crippen molar-refractivity contribution in [2.75, 3.05) is 10.2 Å². The molecule has 0 saturated heterocycles. The first-order valence-corrected chi connectivity index (χ1v) is 16.0. The van der Waals surface area contributed by atoms with Gasteiger partial charge in [-0.15, -0.1) is 0 Å². The number of hydrogen-bond donors (Lipinski definition) is 3. The van der Waals surface area contributed by atoms with E-state index in [-0.39, 0.29) is 52.7 Å². The molecule has 3 aromatic rings. The van der Waals surface area contributed by atoms with Crippen molar-refractivity contribution >= 4 is 41.3 Å². The maximum absolute atomic E-state index is 15.5. The van der Waals surface area contributed by atoms with Crippen molar-refractivity contribution in [3.63, 3.8) is 0 Å². The smallest absolute Gasteiger partial charge is 0.421 e. The van der Waals surface area contributed by atoms with Crippen molar-refractivity contribution in [3.8, 4) is 11.8 Å². The van der Waals surface area contributed by atoms with E-state index in [9.17, 15) is 24.0 Å². The molecule has 2 aromatic carbocycles. The number of nitrogens with zero attached hydrogens (tertiary/aromatic N) is 3. The lowest BCUT2D eigenvalue weighted by atomic mass is 9.99. The Morgan fingerprint density at radius 2 is 1.84 bits per heavy atom. The van der Waals surface area contributed by atoms with Gasteiger partial charge in [0.2, 0.25) is 0 Å². The van der Waals surface area contributed by atoms with Crippen LogP contribution in [0.2, 0.25) is 0 Å². The van der Waals surface area contributed by atoms with E-state index in [1.807, 2.05) is 6.07 Å². The predicted molar refractivity (Wildman–Crippen MR) is 181 cm³/mol. The number of carbonyl (C=O) groups is 5. The molecule has 0 unspecified atom stereocenters. The lowest BCUT2D eigenvalue weighted by Crippen LogP contribution is -2.50. The Kier molecular flexibility index (Phi) is 11.3. The highest BCUT2D eigenvalue weighted by Gasteiger charge is 2.44. The topological polar surface area (TPSA) is 194 Å². The minimum Gasteiger partial charge on any atom is -0.443 e. The predicted octanol–water partition coefficient (Wildman–Crippen LogP) is 5.83. The number of nitrogens with one attached hydrogen (secondary N) is 2. The summed E-state index contributed by atoms with van der Waals surface area (Å²) >= 11 is 0. The number of pyridine rings is 1. The Bertz CT molecular complexity index is 1850. The molecule has 0 aliphatic heterocycles. The number of amides is 4. The first kappa shape index (κ1) is 37.1. The van der Waals surface area contributed by atoms with Crippen LogP contribution < -0.4 is 26.0 Å². The van der Waals surface area contributed by atoms with Gasteiger partial charge in [0, 0.05) is 30.1 Å². The molecule has 4 amide bonds. The highest BCUT2D eigenvalue weighted by Crippen LogP contribution is 2.47. The quantitative estimate of drug-likeness (QED) is 0.133. The number of esters is 1. The summed E-state index contributed by atoms with van der Waals surface area (Å²) in [6.45, 7) is 9.94. The van der Waals surface area contributed by atoms with Crippen LogP contribution in [-0.4, -0.2) is 52.5 Å². The second-order valence-corrected chi connectivity index (χ2v) is 13.1. The Hall–Kier alpha value is -5.68. The van der Waals surface area contributed by atoms with Gasteiger partial charge in [-0.2, -0.15) is 5.26 Å². The van der Waals surface area contributed by atoms with E-state index in [4.69, 9.17) is 20.5 Å². The highest BCUT2D eigenvalue weighted by atomic mass is 19.1. The van der Waals surface area contributed by atoms with Crippen molar-refractivity contribution in [1.82, 2.24) is 10.3 Å². The molecule has 13 nitrogen and oxygen atoms in total. The molecule has 4 rings (SSSR count). The third-order valence-electron chi connectivity index (χ3n) is 7.71. The number of ether oxygens (including phenoxy) is 2. The lowest BCUT2D eigenvalue weighted by Gasteiger charge is -2.29. The van der Waals surface area contributed by atoms with Crippen molar-refractivity contribution in [2.24, 2.45) is 11.7 Å². The van der Waals surface area contributed by atoms with Crippen LogP contribution in [0, 0.1) is 23.1 Å². The number of anilines is 2. The number of imide groups is 1. The standard InChI is InChI=1S/C36H39FN6O7/c1-7-27(44)23-12-13-25(37)29(24-16-26(24)41-34(47)42-28-14-11-20(17-38)18-40-28)31(23)49-33(46)21-9-8-10-22(15-21)43(32(45)30(39)19(2)3)35(48)50-36(4,5)6/h8-15,18-19,24,26,30H,7,16,39H2,1-6H3,(H2,40,41,42,47)/t24-,26+,30+/m1/s1. The van der Waals surface area contributed by atoms with Gasteiger partial charge >= 0.3 is 18.1 Å². The van der Waals surface area contributed by atoms with Crippen molar-refractivity contribution in [3.05, 3.63) is 82.8 Å². The van der Waals surface area contributed by atoms with E-state index in [0.29, 0.717) is 5.56 Å². The first-order valence-electron chi connectivity index (χ1n) is 16.0. The number of nitrogens with two attached hydrogens (primary N) is 1. The number of rotatable bonds is 10. The Balaban J connectivity index is 1.63. The minimum atomic E-state index is -1.07. The molecule has 1 aliphatic rings. The average Bonchev–Trinajstić information content (AvgIpc) is 3.81. The van der Waals surface area contributed by atoms with Gasteiger partial charge in [0.25, 0.3) is 5.91 Å². The maximum Gasteiger partial charge on any atom is 0.421 e. The van der Waals surface area contributed by atoms with Gasteiger partial charge in [-0.3, -0.25) is 14.9 Å². The van der Waals surface area contributed by atoms with E-state index < -0.39 is 59.2 Å². The van der Waals surface area contributed by atoms with E-state index in [0.717, 1.165) is 11.0 Å². The fraction of sp³-hybridized carbons (Fsp3) is 0.361. The zero-order valence-corrected chi connectivity index (χ0v) is 28.6. The summed E-state index contributed by atoms with van der Waals surface area (Å²) in [5, 5.41) is 14.2. The number of hydrogen-bond acceptors (Lipinski definition) is 10. The first-order chi connectivity index (χ1) is 23.5. The molecule has 1 heterocycles. The number of nitriles is 1. The summed E-state index contributed by atoms with van der Waals surface area (Å²) < 4.78 is 26.7. The highest BCUT2D eigenvalue weighted by molar-refractivity contribution is 6.14. The summed E-state index contributed by atoms with van der Waals surface area (Å²) in [5.74, 6) is -4.00. The van der Waals surface area contributed by atoms with Crippen LogP contribution in [0.25, 0.3) is 0 Å². The molecule has 4 N–H and O–H groups in total. The second-order valence-electron chi connectivity index (χ2n) is 13.1. The van der Waals surface area contributed by atoms with Gasteiger partial charge in [-0.05, 0) is 75.6 Å². The molecule has 0 bridgehead atoms. The fourth-order valence-electron chi connectivity index (χ4n) is 4.96. The van der Waals surface area contributed by atoms with Crippen molar-refractivity contribution < 1.29 is 37.8 Å². The number of ketones is 1. The van der Waals surface area contributed by atoms with Gasteiger partial charge in [0.15, 0.2) is 5.78 Å². The lowest BCUT2D eigenvalue weighted by molar-refractivity contribution is -0.120. The van der Waals surface area contributed by atoms with E-state index >= 15 is 4.39 Å². The molecular weight excluding hydrogens is 647 g/mol. The van der Waals surface area contributed by atoms with Crippen molar-refractivity contribution in [1.29, 1.82) is 5.26 Å². The Labute approximate surface area is 288 Å². The van der Waals surface area contributed by atoms with Crippen LogP contribution in [0.15, 0.2) is 54.7 Å². The van der Waals surface area contributed by atoms with Crippen LogP contribution in [-0.2, 0) is 9.53 Å². The van der Waals surface area contributed by atoms with Crippen molar-refractivity contribution in [2.45, 2.75) is 78.0 Å². The normalized spacial score (nSPS) is 15.7. The second kappa shape index (κ2) is 15.3. The summed E-state index contributed by atoms with van der Waals surface area (Å²) in [6, 6.07) is 10.4. The van der Waals surface area contributed by atoms with E-state index in [1.54, 1.807) is 41.5 Å². The molecule has 14 heteroatoms. The molecule has 50 heavy (non-hydrogen) atoms. The van der Waals surface area contributed by atoms with Crippen LogP contribution in [0.4, 0.5) is 25.5 Å². The summed E-state index contributed by atoms with van der Waals surface area (Å²) in [7, 11) is 0. The summed E-state index contributed by atoms with van der Waals surface area (Å²) in [4.78, 5) is 70.7. The average molecular weight is 687 g/mol. The van der Waals surface area contributed by atoms with Crippen LogP contribution in [0.1, 0.15) is 92.1 Å². The molecule has 0 spiro atoms. The Morgan fingerprint density at radius 3 is 2.44 bits per heavy atom. The van der Waals surface area contributed by atoms with E-state index in [2.05, 4.69) is 15.6 Å². The van der Waals surface area contributed by atoms with E-state index in [1.165, 1.54) is 48.7 Å². The zero-order valence-electron chi connectivity index (χ0n) is 28.6. The number of benzene rings is 2. The molecule has 1 aliphatic carbocycles. The molecule has 1 fully saturated rings. The van der Waals surface area contributed by atoms with Crippen LogP contribution in [0.5, 0.6) is 5.75 Å². The molecular formula is C36H39FN6O7. The fourth-order valence-corrected chi connectivity index (χ4v) is 4.96. The SMILES string of the molecule is CCC(=O)c1ccc(F)c([C@@H]2C[C@@H]2NC(=O)Nc2ccc(C#N)cn2)c1OC(=O)c1cccc(N(C(=O)OC(C)(C)C)C(=O)[C@@H](N)C(C)C)c1. The third kappa shape index (κ3) is 8.86. The monoisotopic (exact) mass is 686 g/mol. The number of urea groups is 1. The zero-order chi connectivity index (χ0) is 36.9. The van der Waals surface area contributed by atoms with Gasteiger partial charge < -0.3 is 20.5 Å². The molecule has 0 radical (unpaired) electrons. The molecule has 1 aromatic heterocycles.